The van der Waals surface area contributed by atoms with E-state index in [-0.39, 0.29) is 11.8 Å². The van der Waals surface area contributed by atoms with E-state index in [4.69, 9.17) is 4.52 Å². The lowest BCUT2D eigenvalue weighted by Gasteiger charge is -2.06. The first-order valence-corrected chi connectivity index (χ1v) is 8.93. The van der Waals surface area contributed by atoms with Gasteiger partial charge in [-0.2, -0.15) is 4.98 Å². The number of aryl methyl sites for hydroxylation is 1. The SMILES string of the molecule is CC(C)c1noc(CCCNC(=O)Cc2ccc(-n3cccc3)cc2)n1. The first-order valence-electron chi connectivity index (χ1n) is 8.93. The summed E-state index contributed by atoms with van der Waals surface area (Å²) in [5.74, 6) is 1.64. The van der Waals surface area contributed by atoms with E-state index in [2.05, 4.69) is 15.5 Å². The highest BCUT2D eigenvalue weighted by Gasteiger charge is 2.09. The van der Waals surface area contributed by atoms with Crippen molar-refractivity contribution in [1.82, 2.24) is 20.0 Å². The molecular formula is C20H24N4O2. The number of nitrogens with zero attached hydrogens (tertiary/aromatic N) is 3. The van der Waals surface area contributed by atoms with Gasteiger partial charge >= 0.3 is 0 Å². The Labute approximate surface area is 153 Å². The molecule has 2 heterocycles. The van der Waals surface area contributed by atoms with Crippen molar-refractivity contribution < 1.29 is 9.32 Å². The summed E-state index contributed by atoms with van der Waals surface area (Å²) in [5, 5.41) is 6.87. The summed E-state index contributed by atoms with van der Waals surface area (Å²) in [6.45, 7) is 4.65. The molecule has 0 fully saturated rings. The number of aromatic nitrogens is 3. The monoisotopic (exact) mass is 352 g/mol. The number of hydrogen-bond acceptors (Lipinski definition) is 4. The van der Waals surface area contributed by atoms with Crippen molar-refractivity contribution in [2.45, 2.75) is 39.0 Å². The maximum absolute atomic E-state index is 12.1. The molecule has 6 nitrogen and oxygen atoms in total. The van der Waals surface area contributed by atoms with Crippen LogP contribution >= 0.6 is 0 Å². The molecule has 1 N–H and O–H groups in total. The van der Waals surface area contributed by atoms with Gasteiger partial charge in [-0.05, 0) is 36.2 Å². The number of carbonyl (C=O) groups is 1. The predicted molar refractivity (Wildman–Crippen MR) is 99.2 cm³/mol. The maximum atomic E-state index is 12.1. The molecule has 0 saturated carbocycles. The van der Waals surface area contributed by atoms with Crippen molar-refractivity contribution >= 4 is 5.91 Å². The van der Waals surface area contributed by atoms with Gasteiger partial charge in [0, 0.05) is 37.0 Å². The number of amides is 1. The zero-order valence-electron chi connectivity index (χ0n) is 15.2. The van der Waals surface area contributed by atoms with Gasteiger partial charge in [0.05, 0.1) is 6.42 Å². The molecule has 3 aromatic rings. The minimum absolute atomic E-state index is 0.0205. The third kappa shape index (κ3) is 4.81. The molecule has 0 unspecified atom stereocenters. The summed E-state index contributed by atoms with van der Waals surface area (Å²) in [5.41, 5.74) is 2.08. The molecule has 1 amide bonds. The molecule has 2 aromatic heterocycles. The van der Waals surface area contributed by atoms with E-state index in [1.165, 1.54) is 0 Å². The molecule has 136 valence electrons. The van der Waals surface area contributed by atoms with E-state index in [1.54, 1.807) is 0 Å². The summed E-state index contributed by atoms with van der Waals surface area (Å²) < 4.78 is 7.23. The van der Waals surface area contributed by atoms with Gasteiger partial charge in [-0.25, -0.2) is 0 Å². The summed E-state index contributed by atoms with van der Waals surface area (Å²) in [6, 6.07) is 12.0. The lowest BCUT2D eigenvalue weighted by Crippen LogP contribution is -2.26. The molecule has 3 rings (SSSR count). The van der Waals surface area contributed by atoms with Crippen LogP contribution in [0.2, 0.25) is 0 Å². The summed E-state index contributed by atoms with van der Waals surface area (Å²) in [6.07, 6.45) is 5.82. The minimum Gasteiger partial charge on any atom is -0.356 e. The highest BCUT2D eigenvalue weighted by molar-refractivity contribution is 5.78. The largest absolute Gasteiger partial charge is 0.356 e. The van der Waals surface area contributed by atoms with Crippen LogP contribution in [0, 0.1) is 0 Å². The van der Waals surface area contributed by atoms with Crippen LogP contribution in [0.5, 0.6) is 0 Å². The van der Waals surface area contributed by atoms with Gasteiger partial charge < -0.3 is 14.4 Å². The third-order valence-corrected chi connectivity index (χ3v) is 4.09. The second-order valence-electron chi connectivity index (χ2n) is 6.59. The van der Waals surface area contributed by atoms with Gasteiger partial charge in [-0.1, -0.05) is 31.1 Å². The highest BCUT2D eigenvalue weighted by Crippen LogP contribution is 2.11. The smallest absolute Gasteiger partial charge is 0.226 e. The Morgan fingerprint density at radius 2 is 1.92 bits per heavy atom. The molecule has 0 aliphatic rings. The maximum Gasteiger partial charge on any atom is 0.226 e. The van der Waals surface area contributed by atoms with Gasteiger partial charge in [0.1, 0.15) is 0 Å². The van der Waals surface area contributed by atoms with Gasteiger partial charge in [0.2, 0.25) is 11.8 Å². The van der Waals surface area contributed by atoms with Gasteiger partial charge in [-0.15, -0.1) is 0 Å². The minimum atomic E-state index is 0.0205. The van der Waals surface area contributed by atoms with Crippen LogP contribution in [0.1, 0.15) is 43.5 Å². The Morgan fingerprint density at radius 3 is 2.58 bits per heavy atom. The normalized spacial score (nSPS) is 11.0. The predicted octanol–water partition coefficient (Wildman–Crippen LogP) is 3.28. The Kier molecular flexibility index (Phi) is 5.84. The van der Waals surface area contributed by atoms with Crippen molar-refractivity contribution in [3.63, 3.8) is 0 Å². The van der Waals surface area contributed by atoms with Crippen LogP contribution in [-0.4, -0.2) is 27.2 Å². The molecule has 0 radical (unpaired) electrons. The second-order valence-corrected chi connectivity index (χ2v) is 6.59. The molecule has 0 aliphatic heterocycles. The molecule has 0 spiro atoms. The molecule has 0 aliphatic carbocycles. The molecule has 0 bridgehead atoms. The third-order valence-electron chi connectivity index (χ3n) is 4.09. The van der Waals surface area contributed by atoms with E-state index >= 15 is 0 Å². The standard InChI is InChI=1S/C20H24N4O2/c1-15(2)20-22-19(26-23-20)6-5-11-21-18(25)14-16-7-9-17(10-8-16)24-12-3-4-13-24/h3-4,7-10,12-13,15H,5-6,11,14H2,1-2H3,(H,21,25). The molecule has 26 heavy (non-hydrogen) atoms. The Morgan fingerprint density at radius 1 is 1.19 bits per heavy atom. The van der Waals surface area contributed by atoms with Gasteiger partial charge in [0.15, 0.2) is 5.82 Å². The Hall–Kier alpha value is -2.89. The summed E-state index contributed by atoms with van der Waals surface area (Å²) in [7, 11) is 0. The fourth-order valence-electron chi connectivity index (χ4n) is 2.61. The van der Waals surface area contributed by atoms with Crippen molar-refractivity contribution in [2.24, 2.45) is 0 Å². The van der Waals surface area contributed by atoms with Crippen LogP contribution < -0.4 is 5.32 Å². The van der Waals surface area contributed by atoms with Crippen LogP contribution in [0.3, 0.4) is 0 Å². The number of nitrogens with one attached hydrogen (secondary N) is 1. The number of hydrogen-bond donors (Lipinski definition) is 1. The fraction of sp³-hybridized carbons (Fsp3) is 0.350. The van der Waals surface area contributed by atoms with Crippen LogP contribution in [0.15, 0.2) is 53.3 Å². The zero-order chi connectivity index (χ0) is 18.4. The Balaban J connectivity index is 1.39. The van der Waals surface area contributed by atoms with Crippen molar-refractivity contribution in [2.75, 3.05) is 6.54 Å². The van der Waals surface area contributed by atoms with E-state index in [0.29, 0.717) is 25.3 Å². The molecule has 6 heteroatoms. The highest BCUT2D eigenvalue weighted by atomic mass is 16.5. The summed E-state index contributed by atoms with van der Waals surface area (Å²) >= 11 is 0. The average Bonchev–Trinajstić information content (AvgIpc) is 3.31. The molecule has 0 atom stereocenters. The Bertz CT molecular complexity index is 820. The number of benzene rings is 1. The number of carbonyl (C=O) groups excluding carboxylic acids is 1. The van der Waals surface area contributed by atoms with E-state index in [0.717, 1.165) is 23.5 Å². The number of rotatable bonds is 8. The first kappa shape index (κ1) is 17.9. The lowest BCUT2D eigenvalue weighted by atomic mass is 10.1. The van der Waals surface area contributed by atoms with E-state index in [1.807, 2.05) is 67.2 Å². The van der Waals surface area contributed by atoms with Crippen molar-refractivity contribution in [1.29, 1.82) is 0 Å². The zero-order valence-corrected chi connectivity index (χ0v) is 15.2. The second kappa shape index (κ2) is 8.47. The summed E-state index contributed by atoms with van der Waals surface area (Å²) in [4.78, 5) is 16.4. The van der Waals surface area contributed by atoms with Crippen LogP contribution in [0.4, 0.5) is 0 Å². The lowest BCUT2D eigenvalue weighted by molar-refractivity contribution is -0.120. The molecule has 1 aromatic carbocycles. The van der Waals surface area contributed by atoms with Crippen molar-refractivity contribution in [3.8, 4) is 5.69 Å². The topological polar surface area (TPSA) is 73.0 Å². The van der Waals surface area contributed by atoms with E-state index < -0.39 is 0 Å². The van der Waals surface area contributed by atoms with Crippen LogP contribution in [0.25, 0.3) is 5.69 Å². The van der Waals surface area contributed by atoms with Gasteiger partial charge in [-0.3, -0.25) is 4.79 Å². The molecular weight excluding hydrogens is 328 g/mol. The molecule has 0 saturated heterocycles. The van der Waals surface area contributed by atoms with E-state index in [9.17, 15) is 4.79 Å². The van der Waals surface area contributed by atoms with Crippen molar-refractivity contribution in [3.05, 3.63) is 66.1 Å². The fourth-order valence-corrected chi connectivity index (χ4v) is 2.61. The first-order chi connectivity index (χ1) is 12.6. The average molecular weight is 352 g/mol. The quantitative estimate of drug-likeness (QED) is 0.632. The van der Waals surface area contributed by atoms with Crippen LogP contribution in [-0.2, 0) is 17.6 Å². The van der Waals surface area contributed by atoms with Gasteiger partial charge in [0.25, 0.3) is 0 Å².